The summed E-state index contributed by atoms with van der Waals surface area (Å²) in [6.45, 7) is 1.56. The van der Waals surface area contributed by atoms with E-state index in [1.807, 2.05) is 12.1 Å². The highest BCUT2D eigenvalue weighted by Crippen LogP contribution is 2.40. The van der Waals surface area contributed by atoms with Gasteiger partial charge in [0.25, 0.3) is 0 Å². The molecule has 4 N–H and O–H groups in total. The van der Waals surface area contributed by atoms with Crippen LogP contribution >= 0.6 is 0 Å². The molecule has 4 aromatic rings. The van der Waals surface area contributed by atoms with Crippen molar-refractivity contribution in [1.82, 2.24) is 34.9 Å². The maximum Gasteiger partial charge on any atom is 0.165 e. The van der Waals surface area contributed by atoms with Crippen molar-refractivity contribution in [2.75, 3.05) is 5.73 Å². The van der Waals surface area contributed by atoms with Crippen LogP contribution in [-0.4, -0.2) is 47.4 Å². The number of nitrogens with two attached hydrogens (primary N) is 1. The van der Waals surface area contributed by atoms with E-state index in [0.29, 0.717) is 34.9 Å². The van der Waals surface area contributed by atoms with Gasteiger partial charge in [-0.15, -0.1) is 0 Å². The van der Waals surface area contributed by atoms with Crippen molar-refractivity contribution in [1.29, 1.82) is 0 Å². The lowest BCUT2D eigenvalue weighted by molar-refractivity contribution is 0.101. The third-order valence-electron chi connectivity index (χ3n) is 6.74. The van der Waals surface area contributed by atoms with Gasteiger partial charge in [-0.25, -0.2) is 9.97 Å². The molecule has 2 bridgehead atoms. The number of carbonyl (C=O) groups is 1. The predicted octanol–water partition coefficient (Wildman–Crippen LogP) is 2.96. The van der Waals surface area contributed by atoms with Crippen LogP contribution in [0.4, 0.5) is 5.82 Å². The quantitative estimate of drug-likeness (QED) is 0.427. The second-order valence-corrected chi connectivity index (χ2v) is 8.78. The van der Waals surface area contributed by atoms with Crippen LogP contribution in [-0.2, 0) is 0 Å². The summed E-state index contributed by atoms with van der Waals surface area (Å²) >= 11 is 0. The van der Waals surface area contributed by atoms with Gasteiger partial charge in [0.15, 0.2) is 17.3 Å². The minimum Gasteiger partial charge on any atom is -0.383 e. The molecule has 2 aliphatic rings. The lowest BCUT2D eigenvalue weighted by atomic mass is 9.86. The molecule has 9 nitrogen and oxygen atoms in total. The average Bonchev–Trinajstić information content (AvgIpc) is 3.54. The number of nitrogen functional groups attached to an aromatic ring is 1. The number of aromatic amines is 1. The number of rotatable bonds is 4. The molecule has 32 heavy (non-hydrogen) atoms. The number of anilines is 1. The molecule has 2 unspecified atom stereocenters. The number of carbonyl (C=O) groups excluding carboxylic acids is 1. The maximum atomic E-state index is 12.6. The number of nitrogens with zero attached hydrogens (tertiary/aromatic N) is 5. The van der Waals surface area contributed by atoms with Crippen molar-refractivity contribution in [3.05, 3.63) is 48.2 Å². The van der Waals surface area contributed by atoms with Crippen molar-refractivity contribution < 1.29 is 4.79 Å². The SMILES string of the molecule is CC(=O)c1c(C2CC3CC[C@H](C2)N3)nc2c(-c3ccc(-c4ncc[nH]4)nc3)cnn2c1N. The van der Waals surface area contributed by atoms with Crippen molar-refractivity contribution in [3.8, 4) is 22.6 Å². The molecule has 0 spiro atoms. The predicted molar refractivity (Wildman–Crippen MR) is 120 cm³/mol. The van der Waals surface area contributed by atoms with Gasteiger partial charge in [-0.3, -0.25) is 9.78 Å². The van der Waals surface area contributed by atoms with Gasteiger partial charge in [-0.2, -0.15) is 9.61 Å². The number of Topliss-reactive ketones (excluding diaryl/α,β-unsaturated/α-hetero) is 1. The Morgan fingerprint density at radius 2 is 1.97 bits per heavy atom. The zero-order valence-corrected chi connectivity index (χ0v) is 17.7. The van der Waals surface area contributed by atoms with Gasteiger partial charge in [-0.05, 0) is 38.7 Å². The standard InChI is InChI=1S/C23H24N8O/c1-12(32)19-20(14-8-15-3-4-16(9-14)29-15)30-23-17(11-28-31(23)21(19)24)13-2-5-18(27-10-13)22-25-6-7-26-22/h2,5-7,10-11,14-16,29H,3-4,8-9,24H2,1H3,(H,25,26)/t14?,15-,16?/m1/s1. The summed E-state index contributed by atoms with van der Waals surface area (Å²) in [5.74, 6) is 1.21. The summed E-state index contributed by atoms with van der Waals surface area (Å²) in [5, 5.41) is 8.12. The highest BCUT2D eigenvalue weighted by atomic mass is 16.1. The third-order valence-corrected chi connectivity index (χ3v) is 6.74. The van der Waals surface area contributed by atoms with E-state index in [0.717, 1.165) is 35.4 Å². The van der Waals surface area contributed by atoms with Gasteiger partial charge in [0.05, 0.1) is 17.5 Å². The number of imidazole rings is 1. The van der Waals surface area contributed by atoms with Gasteiger partial charge in [0, 0.05) is 47.7 Å². The van der Waals surface area contributed by atoms with E-state index in [1.54, 1.807) is 36.2 Å². The van der Waals surface area contributed by atoms with Crippen molar-refractivity contribution >= 4 is 17.2 Å². The Morgan fingerprint density at radius 3 is 2.62 bits per heavy atom. The molecule has 9 heteroatoms. The number of hydrogen-bond donors (Lipinski definition) is 3. The molecule has 0 aliphatic carbocycles. The number of piperidine rings is 1. The van der Waals surface area contributed by atoms with Crippen LogP contribution in [0.5, 0.6) is 0 Å². The average molecular weight is 429 g/mol. The van der Waals surface area contributed by atoms with Crippen LogP contribution in [0.25, 0.3) is 28.3 Å². The summed E-state index contributed by atoms with van der Waals surface area (Å²) < 4.78 is 1.58. The summed E-state index contributed by atoms with van der Waals surface area (Å²) in [5.41, 5.74) is 10.9. The smallest absolute Gasteiger partial charge is 0.165 e. The van der Waals surface area contributed by atoms with E-state index >= 15 is 0 Å². The zero-order chi connectivity index (χ0) is 21.8. The zero-order valence-electron chi connectivity index (χ0n) is 17.7. The molecular weight excluding hydrogens is 404 g/mol. The highest BCUT2D eigenvalue weighted by molar-refractivity contribution is 6.00. The van der Waals surface area contributed by atoms with Gasteiger partial charge in [-0.1, -0.05) is 6.07 Å². The van der Waals surface area contributed by atoms with Crippen LogP contribution in [0, 0.1) is 0 Å². The third kappa shape index (κ3) is 3.00. The molecule has 2 fully saturated rings. The first-order chi connectivity index (χ1) is 15.6. The maximum absolute atomic E-state index is 12.6. The Morgan fingerprint density at radius 1 is 1.16 bits per heavy atom. The van der Waals surface area contributed by atoms with Gasteiger partial charge >= 0.3 is 0 Å². The molecule has 0 amide bonds. The molecule has 162 valence electrons. The molecule has 0 saturated carbocycles. The number of H-pyrrole nitrogens is 1. The lowest BCUT2D eigenvalue weighted by Crippen LogP contribution is -2.38. The largest absolute Gasteiger partial charge is 0.383 e. The topological polar surface area (TPSA) is 127 Å². The van der Waals surface area contributed by atoms with E-state index in [9.17, 15) is 4.79 Å². The van der Waals surface area contributed by atoms with E-state index in [-0.39, 0.29) is 11.7 Å². The molecule has 6 heterocycles. The van der Waals surface area contributed by atoms with Crippen LogP contribution < -0.4 is 11.1 Å². The van der Waals surface area contributed by atoms with Crippen LogP contribution in [0.3, 0.4) is 0 Å². The minimum absolute atomic E-state index is 0.0701. The highest BCUT2D eigenvalue weighted by Gasteiger charge is 2.37. The Kier molecular flexibility index (Phi) is 4.32. The summed E-state index contributed by atoms with van der Waals surface area (Å²) in [6.07, 6.45) is 11.3. The fourth-order valence-electron chi connectivity index (χ4n) is 5.27. The van der Waals surface area contributed by atoms with Crippen LogP contribution in [0.1, 0.15) is 54.6 Å². The van der Waals surface area contributed by atoms with E-state index in [2.05, 4.69) is 25.4 Å². The number of pyridine rings is 1. The molecule has 2 aliphatic heterocycles. The molecule has 3 atom stereocenters. The normalized spacial score (nSPS) is 22.5. The monoisotopic (exact) mass is 428 g/mol. The van der Waals surface area contributed by atoms with Crippen LogP contribution in [0.15, 0.2) is 36.9 Å². The lowest BCUT2D eigenvalue weighted by Gasteiger charge is -2.30. The van der Waals surface area contributed by atoms with Crippen molar-refractivity contribution in [2.24, 2.45) is 0 Å². The minimum atomic E-state index is -0.0701. The van der Waals surface area contributed by atoms with Gasteiger partial charge in [0.2, 0.25) is 0 Å². The number of aromatic nitrogens is 6. The van der Waals surface area contributed by atoms with E-state index < -0.39 is 0 Å². The number of hydrogen-bond acceptors (Lipinski definition) is 7. The van der Waals surface area contributed by atoms with Crippen LogP contribution in [0.2, 0.25) is 0 Å². The molecular formula is C23H24N8O. The summed E-state index contributed by atoms with van der Waals surface area (Å²) in [7, 11) is 0. The number of ketones is 1. The Labute approximate surface area is 184 Å². The Hall–Kier alpha value is -3.59. The Bertz CT molecular complexity index is 1300. The number of fused-ring (bicyclic) bond motifs is 3. The number of nitrogens with one attached hydrogen (secondary N) is 2. The summed E-state index contributed by atoms with van der Waals surface area (Å²) in [4.78, 5) is 29.4. The molecule has 6 rings (SSSR count). The first kappa shape index (κ1) is 19.1. The van der Waals surface area contributed by atoms with Crippen molar-refractivity contribution in [2.45, 2.75) is 50.6 Å². The molecule has 0 aromatic carbocycles. The summed E-state index contributed by atoms with van der Waals surface area (Å²) in [6, 6.07) is 4.86. The second-order valence-electron chi connectivity index (χ2n) is 8.78. The second kappa shape index (κ2) is 7.23. The molecule has 4 aromatic heterocycles. The first-order valence-corrected chi connectivity index (χ1v) is 11.0. The Balaban J connectivity index is 1.46. The van der Waals surface area contributed by atoms with E-state index in [4.69, 9.17) is 10.7 Å². The van der Waals surface area contributed by atoms with Gasteiger partial charge < -0.3 is 16.0 Å². The van der Waals surface area contributed by atoms with Crippen molar-refractivity contribution in [3.63, 3.8) is 0 Å². The fraction of sp³-hybridized carbons (Fsp3) is 0.348. The van der Waals surface area contributed by atoms with E-state index in [1.165, 1.54) is 12.8 Å². The molecule has 2 saturated heterocycles. The fourth-order valence-corrected chi connectivity index (χ4v) is 5.27. The molecule has 0 radical (unpaired) electrons. The van der Waals surface area contributed by atoms with Gasteiger partial charge in [0.1, 0.15) is 11.5 Å². The first-order valence-electron chi connectivity index (χ1n) is 11.0.